The number of thiazole rings is 1. The Hall–Kier alpha value is -1.95. The van der Waals surface area contributed by atoms with Gasteiger partial charge in [0.15, 0.2) is 0 Å². The number of benzene rings is 1. The molecule has 1 fully saturated rings. The van der Waals surface area contributed by atoms with Crippen molar-refractivity contribution in [2.45, 2.75) is 52.5 Å². The molecule has 2 heterocycles. The maximum atomic E-state index is 12.8. The predicted octanol–water partition coefficient (Wildman–Crippen LogP) is 3.90. The van der Waals surface area contributed by atoms with Gasteiger partial charge in [-0.15, -0.1) is 11.3 Å². The molecule has 0 spiro atoms. The normalized spacial score (nSPS) is 18.1. The zero-order chi connectivity index (χ0) is 18.7. The molecule has 5 nitrogen and oxygen atoms in total. The summed E-state index contributed by atoms with van der Waals surface area (Å²) in [6.45, 7) is 6.78. The van der Waals surface area contributed by atoms with Gasteiger partial charge in [-0.3, -0.25) is 9.59 Å². The van der Waals surface area contributed by atoms with E-state index in [0.717, 1.165) is 41.0 Å². The third-order valence-electron chi connectivity index (χ3n) is 4.72. The van der Waals surface area contributed by atoms with Crippen LogP contribution in [0.15, 0.2) is 24.3 Å². The zero-order valence-corrected chi connectivity index (χ0v) is 16.6. The van der Waals surface area contributed by atoms with E-state index < -0.39 is 5.41 Å². The molecule has 6 heteroatoms. The number of piperidine rings is 1. The molecular weight excluding hydrogens is 346 g/mol. The van der Waals surface area contributed by atoms with Gasteiger partial charge in [-0.1, -0.05) is 32.9 Å². The topological polar surface area (TPSA) is 62.3 Å². The maximum absolute atomic E-state index is 12.8. The van der Waals surface area contributed by atoms with Crippen molar-refractivity contribution < 1.29 is 9.59 Å². The highest BCUT2D eigenvalue weighted by Gasteiger charge is 2.30. The second kappa shape index (κ2) is 7.74. The van der Waals surface area contributed by atoms with E-state index in [2.05, 4.69) is 11.4 Å². The summed E-state index contributed by atoms with van der Waals surface area (Å²) in [5, 5.41) is 3.90. The molecule has 0 bridgehead atoms. The van der Waals surface area contributed by atoms with Gasteiger partial charge < -0.3 is 10.2 Å². The molecule has 1 aliphatic heterocycles. The molecule has 1 saturated heterocycles. The lowest BCUT2D eigenvalue weighted by molar-refractivity contribution is -0.135. The maximum Gasteiger partial charge on any atom is 0.225 e. The summed E-state index contributed by atoms with van der Waals surface area (Å²) >= 11 is 1.68. The van der Waals surface area contributed by atoms with Crippen molar-refractivity contribution in [1.29, 1.82) is 0 Å². The number of nitrogens with zero attached hydrogens (tertiary/aromatic N) is 2. The molecule has 0 radical (unpaired) electrons. The molecule has 0 aliphatic carbocycles. The van der Waals surface area contributed by atoms with E-state index >= 15 is 0 Å². The molecule has 2 aromatic rings. The van der Waals surface area contributed by atoms with Crippen LogP contribution in [0.3, 0.4) is 0 Å². The molecule has 1 atom stereocenters. The average Bonchev–Trinajstić information content (AvgIpc) is 3.04. The van der Waals surface area contributed by atoms with Crippen molar-refractivity contribution in [1.82, 2.24) is 15.2 Å². The predicted molar refractivity (Wildman–Crippen MR) is 105 cm³/mol. The van der Waals surface area contributed by atoms with E-state index in [1.165, 1.54) is 0 Å². The highest BCUT2D eigenvalue weighted by atomic mass is 32.1. The largest absolute Gasteiger partial charge is 0.355 e. The minimum atomic E-state index is -0.433. The monoisotopic (exact) mass is 373 g/mol. The van der Waals surface area contributed by atoms with Gasteiger partial charge in [0.05, 0.1) is 16.3 Å². The average molecular weight is 374 g/mol. The quantitative estimate of drug-likeness (QED) is 0.884. The van der Waals surface area contributed by atoms with Crippen LogP contribution in [0.5, 0.6) is 0 Å². The van der Waals surface area contributed by atoms with Gasteiger partial charge in [-0.2, -0.15) is 0 Å². The third kappa shape index (κ3) is 4.23. The molecule has 3 rings (SSSR count). The summed E-state index contributed by atoms with van der Waals surface area (Å²) in [4.78, 5) is 31.5. The zero-order valence-electron chi connectivity index (χ0n) is 15.7. The van der Waals surface area contributed by atoms with Gasteiger partial charge in [0.25, 0.3) is 0 Å². The highest BCUT2D eigenvalue weighted by molar-refractivity contribution is 7.18. The van der Waals surface area contributed by atoms with E-state index in [1.54, 1.807) is 11.3 Å². The SMILES string of the molecule is CC(C)(C)C(=O)NCCC(=O)N1CCCCC1c1nc2ccccc2s1. The van der Waals surface area contributed by atoms with Gasteiger partial charge in [-0.25, -0.2) is 4.98 Å². The molecule has 1 aliphatic rings. The number of carbonyl (C=O) groups is 2. The molecule has 140 valence electrons. The molecule has 0 saturated carbocycles. The Bertz CT molecular complexity index is 761. The standard InChI is InChI=1S/C20H27N3O2S/c1-20(2,3)19(25)21-12-11-17(24)23-13-7-6-9-15(23)18-22-14-8-4-5-10-16(14)26-18/h4-5,8,10,15H,6-7,9,11-13H2,1-3H3,(H,21,25). The van der Waals surface area contributed by atoms with Crippen LogP contribution in [0.4, 0.5) is 0 Å². The smallest absolute Gasteiger partial charge is 0.225 e. The van der Waals surface area contributed by atoms with E-state index in [1.807, 2.05) is 43.9 Å². The summed E-state index contributed by atoms with van der Waals surface area (Å²) in [5.41, 5.74) is 0.570. The summed E-state index contributed by atoms with van der Waals surface area (Å²) in [6, 6.07) is 8.17. The van der Waals surface area contributed by atoms with E-state index in [-0.39, 0.29) is 17.9 Å². The van der Waals surface area contributed by atoms with Crippen LogP contribution in [-0.2, 0) is 9.59 Å². The Morgan fingerprint density at radius 2 is 2.04 bits per heavy atom. The molecule has 1 unspecified atom stereocenters. The van der Waals surface area contributed by atoms with Crippen molar-refractivity contribution in [3.05, 3.63) is 29.3 Å². The molecule has 1 aromatic carbocycles. The van der Waals surface area contributed by atoms with Gasteiger partial charge in [0, 0.05) is 24.9 Å². The summed E-state index contributed by atoms with van der Waals surface area (Å²) in [6.07, 6.45) is 3.44. The van der Waals surface area contributed by atoms with E-state index in [0.29, 0.717) is 13.0 Å². The Morgan fingerprint density at radius 3 is 2.77 bits per heavy atom. The minimum Gasteiger partial charge on any atom is -0.355 e. The highest BCUT2D eigenvalue weighted by Crippen LogP contribution is 2.35. The van der Waals surface area contributed by atoms with Crippen molar-refractivity contribution in [3.63, 3.8) is 0 Å². The number of nitrogens with one attached hydrogen (secondary N) is 1. The fourth-order valence-corrected chi connectivity index (χ4v) is 4.33. The molecular formula is C20H27N3O2S. The van der Waals surface area contributed by atoms with Crippen LogP contribution in [0, 0.1) is 5.41 Å². The number of para-hydroxylation sites is 1. The Labute approximate surface area is 158 Å². The molecule has 26 heavy (non-hydrogen) atoms. The van der Waals surface area contributed by atoms with E-state index in [9.17, 15) is 9.59 Å². The van der Waals surface area contributed by atoms with Gasteiger partial charge in [0.2, 0.25) is 11.8 Å². The lowest BCUT2D eigenvalue weighted by Gasteiger charge is -2.34. The van der Waals surface area contributed by atoms with E-state index in [4.69, 9.17) is 4.98 Å². The summed E-state index contributed by atoms with van der Waals surface area (Å²) < 4.78 is 1.16. The summed E-state index contributed by atoms with van der Waals surface area (Å²) in [5.74, 6) is 0.0785. The minimum absolute atomic E-state index is 0.0216. The first kappa shape index (κ1) is 18.8. The van der Waals surface area contributed by atoms with Crippen LogP contribution in [-0.4, -0.2) is 34.8 Å². The number of likely N-dealkylation sites (tertiary alicyclic amines) is 1. The third-order valence-corrected chi connectivity index (χ3v) is 5.86. The fraction of sp³-hybridized carbons (Fsp3) is 0.550. The number of fused-ring (bicyclic) bond motifs is 1. The van der Waals surface area contributed by atoms with Gasteiger partial charge >= 0.3 is 0 Å². The number of rotatable bonds is 4. The number of carbonyl (C=O) groups excluding carboxylic acids is 2. The Morgan fingerprint density at radius 1 is 1.27 bits per heavy atom. The number of hydrogen-bond acceptors (Lipinski definition) is 4. The fourth-order valence-electron chi connectivity index (χ4n) is 3.21. The molecule has 2 amide bonds. The van der Waals surface area contributed by atoms with Gasteiger partial charge in [0.1, 0.15) is 5.01 Å². The Balaban J connectivity index is 1.66. The van der Waals surface area contributed by atoms with Crippen LogP contribution in [0.1, 0.15) is 57.5 Å². The Kier molecular flexibility index (Phi) is 5.61. The first-order chi connectivity index (χ1) is 12.4. The number of hydrogen-bond donors (Lipinski definition) is 1. The van der Waals surface area contributed by atoms with Crippen molar-refractivity contribution in [2.75, 3.05) is 13.1 Å². The van der Waals surface area contributed by atoms with Crippen LogP contribution in [0.2, 0.25) is 0 Å². The first-order valence-corrected chi connectivity index (χ1v) is 10.1. The van der Waals surface area contributed by atoms with Gasteiger partial charge in [-0.05, 0) is 31.4 Å². The molecule has 1 aromatic heterocycles. The lowest BCUT2D eigenvalue weighted by Crippen LogP contribution is -2.41. The second-order valence-electron chi connectivity index (χ2n) is 7.87. The second-order valence-corrected chi connectivity index (χ2v) is 8.94. The van der Waals surface area contributed by atoms with Crippen molar-refractivity contribution >= 4 is 33.4 Å². The lowest BCUT2D eigenvalue weighted by atomic mass is 9.96. The summed E-state index contributed by atoms with van der Waals surface area (Å²) in [7, 11) is 0. The van der Waals surface area contributed by atoms with Crippen LogP contribution in [0.25, 0.3) is 10.2 Å². The molecule has 1 N–H and O–H groups in total. The number of aromatic nitrogens is 1. The first-order valence-electron chi connectivity index (χ1n) is 9.29. The van der Waals surface area contributed by atoms with Crippen LogP contribution >= 0.6 is 11.3 Å². The van der Waals surface area contributed by atoms with Crippen molar-refractivity contribution in [2.24, 2.45) is 5.41 Å². The van der Waals surface area contributed by atoms with Crippen molar-refractivity contribution in [3.8, 4) is 0 Å². The number of amides is 2. The van der Waals surface area contributed by atoms with Crippen LogP contribution < -0.4 is 5.32 Å².